The van der Waals surface area contributed by atoms with Gasteiger partial charge in [0.2, 0.25) is 11.8 Å². The maximum Gasteiger partial charge on any atom is 0.315 e. The minimum Gasteiger partial charge on any atom is -0.465 e. The first kappa shape index (κ1) is 15.6. The molecule has 1 aliphatic heterocycles. The van der Waals surface area contributed by atoms with Crippen LogP contribution in [0, 0.1) is 6.92 Å². The summed E-state index contributed by atoms with van der Waals surface area (Å²) in [6.45, 7) is 3.94. The van der Waals surface area contributed by atoms with Crippen molar-refractivity contribution in [2.45, 2.75) is 25.5 Å². The first-order chi connectivity index (χ1) is 10.0. The van der Waals surface area contributed by atoms with E-state index in [1.165, 1.54) is 4.90 Å². The van der Waals surface area contributed by atoms with E-state index in [1.807, 2.05) is 19.1 Å². The van der Waals surface area contributed by atoms with E-state index in [0.29, 0.717) is 12.3 Å². The number of ether oxygens (including phenoxy) is 1. The van der Waals surface area contributed by atoms with Crippen LogP contribution >= 0.6 is 11.8 Å². The maximum absolute atomic E-state index is 12.3. The molecule has 1 aliphatic rings. The maximum atomic E-state index is 12.3. The lowest BCUT2D eigenvalue weighted by Crippen LogP contribution is -2.31. The highest BCUT2D eigenvalue weighted by Gasteiger charge is 2.40. The van der Waals surface area contributed by atoms with Crippen LogP contribution in [0.2, 0.25) is 0 Å². The van der Waals surface area contributed by atoms with Gasteiger partial charge in [0.05, 0.1) is 23.3 Å². The Morgan fingerprint density at radius 3 is 2.86 bits per heavy atom. The van der Waals surface area contributed by atoms with E-state index < -0.39 is 5.25 Å². The summed E-state index contributed by atoms with van der Waals surface area (Å²) in [6, 6.07) is 7.25. The third-order valence-corrected chi connectivity index (χ3v) is 4.25. The molecule has 1 aromatic carbocycles. The number of carbonyl (C=O) groups excluding carboxylic acids is 3. The summed E-state index contributed by atoms with van der Waals surface area (Å²) in [6.07, 6.45) is 0.122. The summed E-state index contributed by atoms with van der Waals surface area (Å²) in [7, 11) is 0. The van der Waals surface area contributed by atoms with Crippen molar-refractivity contribution in [3.05, 3.63) is 29.8 Å². The molecule has 1 unspecified atom stereocenters. The zero-order valence-corrected chi connectivity index (χ0v) is 12.8. The molecule has 2 rings (SSSR count). The smallest absolute Gasteiger partial charge is 0.315 e. The fourth-order valence-corrected chi connectivity index (χ4v) is 3.07. The number of hydrogen-bond donors (Lipinski definition) is 0. The van der Waals surface area contributed by atoms with Crippen LogP contribution < -0.4 is 4.90 Å². The van der Waals surface area contributed by atoms with Gasteiger partial charge in [0, 0.05) is 6.42 Å². The largest absolute Gasteiger partial charge is 0.465 e. The molecule has 1 atom stereocenters. The van der Waals surface area contributed by atoms with E-state index in [2.05, 4.69) is 0 Å². The van der Waals surface area contributed by atoms with Gasteiger partial charge in [-0.2, -0.15) is 0 Å². The van der Waals surface area contributed by atoms with Crippen molar-refractivity contribution < 1.29 is 19.1 Å². The first-order valence-electron chi connectivity index (χ1n) is 6.73. The SMILES string of the molecule is CCOC(=O)CSC1CC(=O)N(c2cccc(C)c2)C1=O. The standard InChI is InChI=1S/C15H17NO4S/c1-3-20-14(18)9-21-12-8-13(17)16(15(12)19)11-6-4-5-10(2)7-11/h4-7,12H,3,8-9H2,1-2H3. The second kappa shape index (κ2) is 6.76. The average molecular weight is 307 g/mol. The highest BCUT2D eigenvalue weighted by Crippen LogP contribution is 2.30. The number of aryl methyl sites for hydroxylation is 1. The molecule has 0 spiro atoms. The van der Waals surface area contributed by atoms with Gasteiger partial charge >= 0.3 is 5.97 Å². The van der Waals surface area contributed by atoms with Crippen molar-refractivity contribution in [3.63, 3.8) is 0 Å². The summed E-state index contributed by atoms with van der Waals surface area (Å²) in [4.78, 5) is 36.9. The van der Waals surface area contributed by atoms with Gasteiger partial charge in [-0.1, -0.05) is 12.1 Å². The molecular formula is C15H17NO4S. The molecule has 0 aromatic heterocycles. The number of benzene rings is 1. The zero-order chi connectivity index (χ0) is 15.4. The predicted octanol–water partition coefficient (Wildman–Crippen LogP) is 1.92. The summed E-state index contributed by atoms with van der Waals surface area (Å²) in [5.41, 5.74) is 1.57. The van der Waals surface area contributed by atoms with Gasteiger partial charge in [0.25, 0.3) is 0 Å². The van der Waals surface area contributed by atoms with Crippen LogP contribution in [0.5, 0.6) is 0 Å². The summed E-state index contributed by atoms with van der Waals surface area (Å²) in [5, 5.41) is -0.512. The van der Waals surface area contributed by atoms with Crippen molar-refractivity contribution in [3.8, 4) is 0 Å². The van der Waals surface area contributed by atoms with Crippen molar-refractivity contribution in [2.24, 2.45) is 0 Å². The van der Waals surface area contributed by atoms with Gasteiger partial charge in [-0.15, -0.1) is 11.8 Å². The molecular weight excluding hydrogens is 290 g/mol. The normalized spacial score (nSPS) is 18.2. The summed E-state index contributed by atoms with van der Waals surface area (Å²) >= 11 is 1.16. The van der Waals surface area contributed by atoms with Crippen LogP contribution in [-0.4, -0.2) is 35.4 Å². The van der Waals surface area contributed by atoms with E-state index in [4.69, 9.17) is 4.74 Å². The Kier molecular flexibility index (Phi) is 5.01. The molecule has 1 aromatic rings. The minimum atomic E-state index is -0.512. The number of hydrogen-bond acceptors (Lipinski definition) is 5. The van der Waals surface area contributed by atoms with Crippen molar-refractivity contribution >= 4 is 35.2 Å². The molecule has 1 heterocycles. The lowest BCUT2D eigenvalue weighted by molar-refractivity contribution is -0.139. The highest BCUT2D eigenvalue weighted by molar-refractivity contribution is 8.01. The van der Waals surface area contributed by atoms with Crippen LogP contribution in [-0.2, 0) is 19.1 Å². The van der Waals surface area contributed by atoms with Crippen molar-refractivity contribution in [1.29, 1.82) is 0 Å². The Morgan fingerprint density at radius 2 is 2.19 bits per heavy atom. The van der Waals surface area contributed by atoms with Gasteiger partial charge in [-0.3, -0.25) is 14.4 Å². The van der Waals surface area contributed by atoms with Crippen LogP contribution in [0.15, 0.2) is 24.3 Å². The molecule has 0 saturated carbocycles. The molecule has 21 heavy (non-hydrogen) atoms. The third-order valence-electron chi connectivity index (χ3n) is 3.07. The van der Waals surface area contributed by atoms with Gasteiger partial charge in [0.15, 0.2) is 0 Å². The fraction of sp³-hybridized carbons (Fsp3) is 0.400. The van der Waals surface area contributed by atoms with E-state index in [9.17, 15) is 14.4 Å². The van der Waals surface area contributed by atoms with E-state index in [-0.39, 0.29) is 30.0 Å². The van der Waals surface area contributed by atoms with Gasteiger partial charge in [0.1, 0.15) is 0 Å². The highest BCUT2D eigenvalue weighted by atomic mass is 32.2. The predicted molar refractivity (Wildman–Crippen MR) is 81.2 cm³/mol. The van der Waals surface area contributed by atoms with Crippen LogP contribution in [0.1, 0.15) is 18.9 Å². The Bertz CT molecular complexity index is 573. The monoisotopic (exact) mass is 307 g/mol. The number of imide groups is 1. The molecule has 5 nitrogen and oxygen atoms in total. The Labute approximate surface area is 127 Å². The van der Waals surface area contributed by atoms with Crippen LogP contribution in [0.25, 0.3) is 0 Å². The fourth-order valence-electron chi connectivity index (χ4n) is 2.14. The lowest BCUT2D eigenvalue weighted by atomic mass is 10.2. The van der Waals surface area contributed by atoms with Crippen molar-refractivity contribution in [1.82, 2.24) is 0 Å². The summed E-state index contributed by atoms with van der Waals surface area (Å²) in [5.74, 6) is -0.775. The second-order valence-corrected chi connectivity index (χ2v) is 5.91. The number of anilines is 1. The molecule has 112 valence electrons. The molecule has 0 N–H and O–H groups in total. The number of rotatable bonds is 5. The molecule has 6 heteroatoms. The van der Waals surface area contributed by atoms with Crippen molar-refractivity contribution in [2.75, 3.05) is 17.3 Å². The number of thioether (sulfide) groups is 1. The van der Waals surface area contributed by atoms with Gasteiger partial charge in [-0.05, 0) is 31.5 Å². The molecule has 0 aliphatic carbocycles. The molecule has 1 fully saturated rings. The van der Waals surface area contributed by atoms with Crippen LogP contribution in [0.3, 0.4) is 0 Å². The number of amides is 2. The quantitative estimate of drug-likeness (QED) is 0.614. The van der Waals surface area contributed by atoms with E-state index >= 15 is 0 Å². The Morgan fingerprint density at radius 1 is 1.43 bits per heavy atom. The Balaban J connectivity index is 2.05. The third kappa shape index (κ3) is 3.64. The topological polar surface area (TPSA) is 63.7 Å². The first-order valence-corrected chi connectivity index (χ1v) is 7.78. The van der Waals surface area contributed by atoms with Gasteiger partial charge < -0.3 is 4.74 Å². The van der Waals surface area contributed by atoms with E-state index in [0.717, 1.165) is 17.3 Å². The minimum absolute atomic E-state index is 0.0825. The van der Waals surface area contributed by atoms with Crippen LogP contribution in [0.4, 0.5) is 5.69 Å². The summed E-state index contributed by atoms with van der Waals surface area (Å²) < 4.78 is 4.82. The number of nitrogens with zero attached hydrogens (tertiary/aromatic N) is 1. The van der Waals surface area contributed by atoms with Gasteiger partial charge in [-0.25, -0.2) is 4.90 Å². The lowest BCUT2D eigenvalue weighted by Gasteiger charge is -2.15. The number of carbonyl (C=O) groups is 3. The average Bonchev–Trinajstić information content (AvgIpc) is 2.71. The molecule has 0 bridgehead atoms. The molecule has 1 saturated heterocycles. The van der Waals surface area contributed by atoms with E-state index in [1.54, 1.807) is 19.1 Å². The number of esters is 1. The second-order valence-electron chi connectivity index (χ2n) is 4.72. The zero-order valence-electron chi connectivity index (χ0n) is 12.0. The Hall–Kier alpha value is -1.82. The molecule has 2 amide bonds. The molecule has 0 radical (unpaired) electrons.